The van der Waals surface area contributed by atoms with E-state index in [-0.39, 0.29) is 11.8 Å². The zero-order valence-electron chi connectivity index (χ0n) is 10.7. The zero-order chi connectivity index (χ0) is 12.9. The number of methoxy groups -OCH3 is 1. The van der Waals surface area contributed by atoms with Gasteiger partial charge in [-0.3, -0.25) is 9.59 Å². The number of carbonyl (C=O) groups is 2. The maximum atomic E-state index is 11.2. The molecule has 100 valence electrons. The van der Waals surface area contributed by atoms with Crippen molar-refractivity contribution in [1.82, 2.24) is 16.0 Å². The Balaban J connectivity index is 3.27. The monoisotopic (exact) mass is 245 g/mol. The number of carbonyl (C=O) groups excluding carboxylic acids is 2. The van der Waals surface area contributed by atoms with Gasteiger partial charge in [0.25, 0.3) is 0 Å². The number of nitrogens with one attached hydrogen (secondary N) is 3. The molecule has 0 saturated heterocycles. The Morgan fingerprint density at radius 1 is 1.00 bits per heavy atom. The summed E-state index contributed by atoms with van der Waals surface area (Å²) in [4.78, 5) is 22.3. The fraction of sp³-hybridized carbons (Fsp3) is 0.818. The summed E-state index contributed by atoms with van der Waals surface area (Å²) in [6.07, 6.45) is 0.859. The fourth-order valence-electron chi connectivity index (χ4n) is 1.20. The van der Waals surface area contributed by atoms with Gasteiger partial charge in [-0.25, -0.2) is 0 Å². The quantitative estimate of drug-likeness (QED) is 0.443. The van der Waals surface area contributed by atoms with Crippen molar-refractivity contribution >= 4 is 11.8 Å². The van der Waals surface area contributed by atoms with Gasteiger partial charge in [0.15, 0.2) is 0 Å². The highest BCUT2D eigenvalue weighted by Gasteiger charge is 2.01. The van der Waals surface area contributed by atoms with E-state index in [1.165, 1.54) is 0 Å². The molecule has 0 saturated carbocycles. The molecule has 3 N–H and O–H groups in total. The molecule has 6 heteroatoms. The Kier molecular flexibility index (Phi) is 10.6. The van der Waals surface area contributed by atoms with E-state index in [9.17, 15) is 9.59 Å². The third-order valence-electron chi connectivity index (χ3n) is 2.06. The Labute approximate surface area is 102 Å². The molecule has 0 heterocycles. The van der Waals surface area contributed by atoms with Crippen molar-refractivity contribution in [2.45, 2.75) is 19.8 Å². The summed E-state index contributed by atoms with van der Waals surface area (Å²) in [6, 6.07) is 0. The van der Waals surface area contributed by atoms with Crippen molar-refractivity contribution in [3.8, 4) is 0 Å². The first-order valence-corrected chi connectivity index (χ1v) is 5.93. The lowest BCUT2D eigenvalue weighted by Crippen LogP contribution is -2.31. The maximum Gasteiger partial charge on any atom is 0.221 e. The summed E-state index contributed by atoms with van der Waals surface area (Å²) in [6.45, 7) is 4.77. The van der Waals surface area contributed by atoms with Crippen LogP contribution in [0.1, 0.15) is 19.8 Å². The van der Waals surface area contributed by atoms with Gasteiger partial charge in [0.2, 0.25) is 11.8 Å². The third-order valence-corrected chi connectivity index (χ3v) is 2.06. The number of rotatable bonds is 10. The molecular formula is C11H23N3O3. The molecule has 0 bridgehead atoms. The summed E-state index contributed by atoms with van der Waals surface area (Å²) in [5.74, 6) is 0.0251. The second-order valence-corrected chi connectivity index (χ2v) is 3.55. The predicted octanol–water partition coefficient (Wildman–Crippen LogP) is -0.745. The van der Waals surface area contributed by atoms with Gasteiger partial charge in [0.1, 0.15) is 0 Å². The molecule has 2 amide bonds. The van der Waals surface area contributed by atoms with Crippen LogP contribution in [0.25, 0.3) is 0 Å². The van der Waals surface area contributed by atoms with Crippen LogP contribution in [0.4, 0.5) is 0 Å². The van der Waals surface area contributed by atoms with E-state index < -0.39 is 0 Å². The largest absolute Gasteiger partial charge is 0.383 e. The minimum Gasteiger partial charge on any atom is -0.383 e. The van der Waals surface area contributed by atoms with Crippen LogP contribution in [0.2, 0.25) is 0 Å². The summed E-state index contributed by atoms with van der Waals surface area (Å²) in [5.41, 5.74) is 0. The molecule has 0 aromatic heterocycles. The molecular weight excluding hydrogens is 222 g/mol. The van der Waals surface area contributed by atoms with Crippen LogP contribution in [0.15, 0.2) is 0 Å². The first kappa shape index (κ1) is 15.9. The summed E-state index contributed by atoms with van der Waals surface area (Å²) >= 11 is 0. The molecule has 0 aliphatic rings. The summed E-state index contributed by atoms with van der Waals surface area (Å²) in [5, 5.41) is 8.47. The van der Waals surface area contributed by atoms with Crippen LogP contribution < -0.4 is 16.0 Å². The van der Waals surface area contributed by atoms with Gasteiger partial charge in [-0.2, -0.15) is 0 Å². The predicted molar refractivity (Wildman–Crippen MR) is 65.7 cm³/mol. The Morgan fingerprint density at radius 3 is 2.12 bits per heavy atom. The van der Waals surface area contributed by atoms with Crippen molar-refractivity contribution in [2.75, 3.05) is 39.9 Å². The SMILES string of the molecule is CCNC(=O)CCNCCC(=O)NCCOC. The van der Waals surface area contributed by atoms with Gasteiger partial charge in [-0.15, -0.1) is 0 Å². The highest BCUT2D eigenvalue weighted by Crippen LogP contribution is 1.80. The molecule has 0 spiro atoms. The normalized spacial score (nSPS) is 10.0. The molecule has 0 unspecified atom stereocenters. The molecule has 0 aromatic rings. The van der Waals surface area contributed by atoms with Crippen LogP contribution in [-0.2, 0) is 14.3 Å². The summed E-state index contributed by atoms with van der Waals surface area (Å²) in [7, 11) is 1.59. The minimum atomic E-state index is -0.00689. The van der Waals surface area contributed by atoms with E-state index in [1.807, 2.05) is 6.92 Å². The number of hydrogen-bond donors (Lipinski definition) is 3. The fourth-order valence-corrected chi connectivity index (χ4v) is 1.20. The van der Waals surface area contributed by atoms with Crippen molar-refractivity contribution < 1.29 is 14.3 Å². The first-order valence-electron chi connectivity index (χ1n) is 5.93. The van der Waals surface area contributed by atoms with Crippen molar-refractivity contribution in [1.29, 1.82) is 0 Å². The van der Waals surface area contributed by atoms with E-state index in [1.54, 1.807) is 7.11 Å². The van der Waals surface area contributed by atoms with E-state index in [4.69, 9.17) is 4.74 Å². The van der Waals surface area contributed by atoms with Gasteiger partial charge in [0.05, 0.1) is 6.61 Å². The van der Waals surface area contributed by atoms with E-state index in [2.05, 4.69) is 16.0 Å². The first-order chi connectivity index (χ1) is 8.20. The Bertz CT molecular complexity index is 222. The van der Waals surface area contributed by atoms with Gasteiger partial charge >= 0.3 is 0 Å². The highest BCUT2D eigenvalue weighted by molar-refractivity contribution is 5.76. The molecule has 6 nitrogen and oxygen atoms in total. The van der Waals surface area contributed by atoms with Crippen molar-refractivity contribution in [3.05, 3.63) is 0 Å². The third kappa shape index (κ3) is 11.1. The van der Waals surface area contributed by atoms with Crippen LogP contribution in [0.3, 0.4) is 0 Å². The van der Waals surface area contributed by atoms with E-state index >= 15 is 0 Å². The lowest BCUT2D eigenvalue weighted by molar-refractivity contribution is -0.121. The summed E-state index contributed by atoms with van der Waals surface area (Å²) < 4.78 is 4.81. The average molecular weight is 245 g/mol. The van der Waals surface area contributed by atoms with Crippen LogP contribution in [0.5, 0.6) is 0 Å². The van der Waals surface area contributed by atoms with Crippen molar-refractivity contribution in [2.24, 2.45) is 0 Å². The maximum absolute atomic E-state index is 11.2. The van der Waals surface area contributed by atoms with Crippen LogP contribution in [0, 0.1) is 0 Å². The zero-order valence-corrected chi connectivity index (χ0v) is 10.7. The van der Waals surface area contributed by atoms with Gasteiger partial charge < -0.3 is 20.7 Å². The molecule has 0 rings (SSSR count). The molecule has 17 heavy (non-hydrogen) atoms. The molecule has 0 radical (unpaired) electrons. The molecule has 0 aliphatic carbocycles. The van der Waals surface area contributed by atoms with E-state index in [0.717, 1.165) is 0 Å². The number of ether oxygens (including phenoxy) is 1. The Hall–Kier alpha value is -1.14. The topological polar surface area (TPSA) is 79.5 Å². The lowest BCUT2D eigenvalue weighted by Gasteiger charge is -2.06. The Morgan fingerprint density at radius 2 is 1.59 bits per heavy atom. The number of amides is 2. The lowest BCUT2D eigenvalue weighted by atomic mass is 10.3. The van der Waals surface area contributed by atoms with Gasteiger partial charge in [-0.1, -0.05) is 0 Å². The molecule has 0 fully saturated rings. The smallest absolute Gasteiger partial charge is 0.221 e. The molecule has 0 aliphatic heterocycles. The second-order valence-electron chi connectivity index (χ2n) is 3.55. The van der Waals surface area contributed by atoms with Crippen molar-refractivity contribution in [3.63, 3.8) is 0 Å². The average Bonchev–Trinajstić information content (AvgIpc) is 2.29. The second kappa shape index (κ2) is 11.3. The number of hydrogen-bond acceptors (Lipinski definition) is 4. The van der Waals surface area contributed by atoms with Crippen LogP contribution >= 0.6 is 0 Å². The van der Waals surface area contributed by atoms with Gasteiger partial charge in [-0.05, 0) is 6.92 Å². The van der Waals surface area contributed by atoms with E-state index in [0.29, 0.717) is 45.6 Å². The molecule has 0 aromatic carbocycles. The van der Waals surface area contributed by atoms with Gasteiger partial charge in [0, 0.05) is 46.1 Å². The van der Waals surface area contributed by atoms with Crippen LogP contribution in [-0.4, -0.2) is 51.7 Å². The molecule has 0 atom stereocenters. The highest BCUT2D eigenvalue weighted by atomic mass is 16.5. The minimum absolute atomic E-state index is 0.00689. The standard InChI is InChI=1S/C11H23N3O3/c1-3-13-10(15)4-6-12-7-5-11(16)14-8-9-17-2/h12H,3-9H2,1-2H3,(H,13,15)(H,14,16).